The first-order chi connectivity index (χ1) is 9.16. The molecule has 0 spiro atoms. The lowest BCUT2D eigenvalue weighted by Gasteiger charge is -2.12. The molecule has 1 saturated carbocycles. The Labute approximate surface area is 118 Å². The zero-order valence-electron chi connectivity index (χ0n) is 10.7. The molecule has 19 heavy (non-hydrogen) atoms. The average molecular weight is 283 g/mol. The minimum Gasteiger partial charge on any atom is -0.387 e. The van der Waals surface area contributed by atoms with Crippen molar-refractivity contribution in [3.63, 3.8) is 0 Å². The van der Waals surface area contributed by atoms with E-state index in [4.69, 9.17) is 11.6 Å². The van der Waals surface area contributed by atoms with Crippen molar-refractivity contribution in [3.8, 4) is 0 Å². The van der Waals surface area contributed by atoms with Gasteiger partial charge < -0.3 is 15.7 Å². The minimum atomic E-state index is -0.559. The summed E-state index contributed by atoms with van der Waals surface area (Å²) in [5, 5.41) is 16.6. The van der Waals surface area contributed by atoms with E-state index in [0.29, 0.717) is 24.7 Å². The SMILES string of the molecule is O=C(NCCNCC(O)c1ccc(Cl)cc1)C1CC1. The number of amides is 1. The number of hydrogen-bond donors (Lipinski definition) is 3. The van der Waals surface area contributed by atoms with Crippen molar-refractivity contribution in [2.75, 3.05) is 19.6 Å². The van der Waals surface area contributed by atoms with Gasteiger partial charge in [-0.05, 0) is 30.5 Å². The number of carbonyl (C=O) groups excluding carboxylic acids is 1. The Morgan fingerprint density at radius 2 is 2.00 bits per heavy atom. The fourth-order valence-electron chi connectivity index (χ4n) is 1.81. The van der Waals surface area contributed by atoms with E-state index < -0.39 is 6.10 Å². The van der Waals surface area contributed by atoms with E-state index in [0.717, 1.165) is 18.4 Å². The van der Waals surface area contributed by atoms with Crippen LogP contribution in [0.5, 0.6) is 0 Å². The highest BCUT2D eigenvalue weighted by Crippen LogP contribution is 2.28. The van der Waals surface area contributed by atoms with Gasteiger partial charge in [-0.3, -0.25) is 4.79 Å². The number of carbonyl (C=O) groups is 1. The third-order valence-electron chi connectivity index (χ3n) is 3.14. The molecule has 104 valence electrons. The van der Waals surface area contributed by atoms with Crippen molar-refractivity contribution in [1.82, 2.24) is 10.6 Å². The number of aliphatic hydroxyl groups excluding tert-OH is 1. The highest BCUT2D eigenvalue weighted by atomic mass is 35.5. The van der Waals surface area contributed by atoms with Crippen molar-refractivity contribution >= 4 is 17.5 Å². The maximum Gasteiger partial charge on any atom is 0.223 e. The smallest absolute Gasteiger partial charge is 0.223 e. The Morgan fingerprint density at radius 1 is 1.32 bits per heavy atom. The second-order valence-electron chi connectivity index (χ2n) is 4.84. The Balaban J connectivity index is 1.59. The molecule has 0 heterocycles. The highest BCUT2D eigenvalue weighted by Gasteiger charge is 2.28. The molecule has 1 fully saturated rings. The molecule has 1 amide bonds. The fraction of sp³-hybridized carbons (Fsp3) is 0.500. The summed E-state index contributed by atoms with van der Waals surface area (Å²) in [6.45, 7) is 1.71. The van der Waals surface area contributed by atoms with Crippen molar-refractivity contribution in [2.24, 2.45) is 5.92 Å². The van der Waals surface area contributed by atoms with Gasteiger partial charge in [0.05, 0.1) is 6.10 Å². The molecular formula is C14H19ClN2O2. The first-order valence-electron chi connectivity index (χ1n) is 6.59. The lowest BCUT2D eigenvalue weighted by atomic mass is 10.1. The van der Waals surface area contributed by atoms with E-state index >= 15 is 0 Å². The molecule has 1 atom stereocenters. The maximum atomic E-state index is 11.4. The summed E-state index contributed by atoms with van der Waals surface area (Å²) in [6.07, 6.45) is 1.49. The quantitative estimate of drug-likeness (QED) is 0.664. The first-order valence-corrected chi connectivity index (χ1v) is 6.96. The topological polar surface area (TPSA) is 61.4 Å². The molecule has 0 saturated heterocycles. The summed E-state index contributed by atoms with van der Waals surface area (Å²) in [4.78, 5) is 11.4. The van der Waals surface area contributed by atoms with Gasteiger partial charge in [0.2, 0.25) is 5.91 Å². The van der Waals surface area contributed by atoms with E-state index in [1.54, 1.807) is 12.1 Å². The summed E-state index contributed by atoms with van der Waals surface area (Å²) in [5.41, 5.74) is 0.832. The number of halogens is 1. The van der Waals surface area contributed by atoms with Crippen LogP contribution < -0.4 is 10.6 Å². The monoisotopic (exact) mass is 282 g/mol. The van der Waals surface area contributed by atoms with Crippen LogP contribution in [0.25, 0.3) is 0 Å². The van der Waals surface area contributed by atoms with Crippen molar-refractivity contribution in [2.45, 2.75) is 18.9 Å². The summed E-state index contributed by atoms with van der Waals surface area (Å²) < 4.78 is 0. The fourth-order valence-corrected chi connectivity index (χ4v) is 1.93. The Bertz CT molecular complexity index is 418. The van der Waals surface area contributed by atoms with Crippen molar-refractivity contribution < 1.29 is 9.90 Å². The Kier molecular flexibility index (Phi) is 5.19. The zero-order chi connectivity index (χ0) is 13.7. The van der Waals surface area contributed by atoms with Gasteiger partial charge in [-0.1, -0.05) is 23.7 Å². The van der Waals surface area contributed by atoms with E-state index in [1.807, 2.05) is 12.1 Å². The number of nitrogens with one attached hydrogen (secondary N) is 2. The van der Waals surface area contributed by atoms with Gasteiger partial charge in [-0.2, -0.15) is 0 Å². The van der Waals surface area contributed by atoms with Gasteiger partial charge in [-0.15, -0.1) is 0 Å². The van der Waals surface area contributed by atoms with Crippen molar-refractivity contribution in [1.29, 1.82) is 0 Å². The van der Waals surface area contributed by atoms with Gasteiger partial charge >= 0.3 is 0 Å². The van der Waals surface area contributed by atoms with Crippen molar-refractivity contribution in [3.05, 3.63) is 34.9 Å². The molecule has 4 nitrogen and oxygen atoms in total. The summed E-state index contributed by atoms with van der Waals surface area (Å²) >= 11 is 5.78. The maximum absolute atomic E-state index is 11.4. The number of aliphatic hydroxyl groups is 1. The molecular weight excluding hydrogens is 264 g/mol. The average Bonchev–Trinajstić information content (AvgIpc) is 3.23. The summed E-state index contributed by atoms with van der Waals surface area (Å²) in [6, 6.07) is 7.14. The van der Waals surface area contributed by atoms with Crippen LogP contribution in [0.3, 0.4) is 0 Å². The summed E-state index contributed by atoms with van der Waals surface area (Å²) in [7, 11) is 0. The molecule has 1 aliphatic rings. The zero-order valence-corrected chi connectivity index (χ0v) is 11.5. The molecule has 2 rings (SSSR count). The van der Waals surface area contributed by atoms with Crippen LogP contribution in [0.4, 0.5) is 0 Å². The van der Waals surface area contributed by atoms with Crippen LogP contribution in [-0.2, 0) is 4.79 Å². The largest absolute Gasteiger partial charge is 0.387 e. The molecule has 0 aliphatic heterocycles. The van der Waals surface area contributed by atoms with E-state index in [1.165, 1.54) is 0 Å². The van der Waals surface area contributed by atoms with Crippen LogP contribution in [0.2, 0.25) is 5.02 Å². The molecule has 0 aromatic heterocycles. The molecule has 1 aromatic rings. The molecule has 1 unspecified atom stereocenters. The van der Waals surface area contributed by atoms with E-state index in [2.05, 4.69) is 10.6 Å². The number of benzene rings is 1. The highest BCUT2D eigenvalue weighted by molar-refractivity contribution is 6.30. The third kappa shape index (κ3) is 4.82. The lowest BCUT2D eigenvalue weighted by molar-refractivity contribution is -0.122. The van der Waals surface area contributed by atoms with Crippen LogP contribution in [-0.4, -0.2) is 30.6 Å². The molecule has 3 N–H and O–H groups in total. The molecule has 0 bridgehead atoms. The van der Waals surface area contributed by atoms with Crippen LogP contribution in [0.15, 0.2) is 24.3 Å². The third-order valence-corrected chi connectivity index (χ3v) is 3.39. The number of rotatable bonds is 7. The van der Waals surface area contributed by atoms with Gasteiger partial charge in [0, 0.05) is 30.6 Å². The standard InChI is InChI=1S/C14H19ClN2O2/c15-12-5-3-10(4-6-12)13(18)9-16-7-8-17-14(19)11-1-2-11/h3-6,11,13,16,18H,1-2,7-9H2,(H,17,19). The Morgan fingerprint density at radius 3 is 2.63 bits per heavy atom. The second kappa shape index (κ2) is 6.89. The second-order valence-corrected chi connectivity index (χ2v) is 5.27. The predicted octanol–water partition coefficient (Wildman–Crippen LogP) is 1.49. The molecule has 5 heteroatoms. The molecule has 1 aliphatic carbocycles. The van der Waals surface area contributed by atoms with Crippen LogP contribution >= 0.6 is 11.6 Å². The van der Waals surface area contributed by atoms with Crippen LogP contribution in [0.1, 0.15) is 24.5 Å². The van der Waals surface area contributed by atoms with Gasteiger partial charge in [0.1, 0.15) is 0 Å². The molecule has 1 aromatic carbocycles. The molecule has 0 radical (unpaired) electrons. The summed E-state index contributed by atoms with van der Waals surface area (Å²) in [5.74, 6) is 0.403. The lowest BCUT2D eigenvalue weighted by Crippen LogP contribution is -2.34. The minimum absolute atomic E-state index is 0.153. The first kappa shape index (κ1) is 14.3. The van der Waals surface area contributed by atoms with Gasteiger partial charge in [-0.25, -0.2) is 0 Å². The van der Waals surface area contributed by atoms with E-state index in [-0.39, 0.29) is 11.8 Å². The Hall–Kier alpha value is -1.10. The normalized spacial score (nSPS) is 16.1. The van der Waals surface area contributed by atoms with Gasteiger partial charge in [0.25, 0.3) is 0 Å². The number of hydrogen-bond acceptors (Lipinski definition) is 3. The van der Waals surface area contributed by atoms with E-state index in [9.17, 15) is 9.90 Å². The predicted molar refractivity (Wildman–Crippen MR) is 75.0 cm³/mol. The van der Waals surface area contributed by atoms with Crippen LogP contribution in [0, 0.1) is 5.92 Å². The van der Waals surface area contributed by atoms with Gasteiger partial charge in [0.15, 0.2) is 0 Å².